The van der Waals surface area contributed by atoms with Gasteiger partial charge in [-0.05, 0) is 6.07 Å². The quantitative estimate of drug-likeness (QED) is 0.651. The fourth-order valence-electron chi connectivity index (χ4n) is 0.994. The monoisotopic (exact) mass is 155 g/mol. The van der Waals surface area contributed by atoms with Gasteiger partial charge in [-0.15, -0.1) is 0 Å². The number of hydrogen-bond acceptors (Lipinski definition) is 3. The molecular formula is C6H9N3S. The largest absolute Gasteiger partial charge is 0.384 e. The lowest BCUT2D eigenvalue weighted by Crippen LogP contribution is -2.24. The minimum atomic E-state index is 0.556. The van der Waals surface area contributed by atoms with E-state index in [0.29, 0.717) is 6.04 Å². The van der Waals surface area contributed by atoms with E-state index in [4.69, 9.17) is 5.73 Å². The highest BCUT2D eigenvalue weighted by molar-refractivity contribution is 8.00. The van der Waals surface area contributed by atoms with Crippen LogP contribution in [-0.4, -0.2) is 21.3 Å². The van der Waals surface area contributed by atoms with Crippen LogP contribution in [0.3, 0.4) is 0 Å². The normalized spacial score (nSPS) is 18.8. The van der Waals surface area contributed by atoms with Crippen molar-refractivity contribution in [1.29, 1.82) is 0 Å². The van der Waals surface area contributed by atoms with Crippen LogP contribution in [-0.2, 0) is 0 Å². The van der Waals surface area contributed by atoms with E-state index in [1.54, 1.807) is 6.20 Å². The van der Waals surface area contributed by atoms with Crippen molar-refractivity contribution < 1.29 is 0 Å². The van der Waals surface area contributed by atoms with E-state index in [9.17, 15) is 0 Å². The first-order chi connectivity index (χ1) is 4.88. The molecule has 0 radical (unpaired) electrons. The molecule has 1 fully saturated rings. The van der Waals surface area contributed by atoms with E-state index < -0.39 is 0 Å². The van der Waals surface area contributed by atoms with Crippen molar-refractivity contribution in [3.63, 3.8) is 0 Å². The van der Waals surface area contributed by atoms with Crippen molar-refractivity contribution in [3.05, 3.63) is 12.3 Å². The SMILES string of the molecule is Nc1ccnn1C1CSC1. The highest BCUT2D eigenvalue weighted by Crippen LogP contribution is 2.29. The van der Waals surface area contributed by atoms with Crippen molar-refractivity contribution in [2.24, 2.45) is 0 Å². The minimum Gasteiger partial charge on any atom is -0.384 e. The maximum atomic E-state index is 5.64. The first-order valence-corrected chi connectivity index (χ1v) is 4.40. The standard InChI is InChI=1S/C6H9N3S/c7-6-1-2-8-9(6)5-3-10-4-5/h1-2,5H,3-4,7H2. The molecule has 54 valence electrons. The van der Waals surface area contributed by atoms with Crippen LogP contribution in [0.5, 0.6) is 0 Å². The van der Waals surface area contributed by atoms with Crippen LogP contribution in [0.1, 0.15) is 6.04 Å². The third-order valence-corrected chi connectivity index (χ3v) is 2.91. The fourth-order valence-corrected chi connectivity index (χ4v) is 1.72. The van der Waals surface area contributed by atoms with Crippen LogP contribution >= 0.6 is 11.8 Å². The zero-order valence-corrected chi connectivity index (χ0v) is 6.34. The van der Waals surface area contributed by atoms with Crippen molar-refractivity contribution in [2.45, 2.75) is 6.04 Å². The molecule has 1 aliphatic rings. The molecule has 0 aliphatic carbocycles. The maximum absolute atomic E-state index is 5.64. The van der Waals surface area contributed by atoms with Gasteiger partial charge in [-0.3, -0.25) is 0 Å². The molecule has 0 atom stereocenters. The average Bonchev–Trinajstić information content (AvgIpc) is 2.12. The lowest BCUT2D eigenvalue weighted by molar-refractivity contribution is 0.535. The predicted molar refractivity (Wildman–Crippen MR) is 43.0 cm³/mol. The third kappa shape index (κ3) is 0.794. The van der Waals surface area contributed by atoms with Gasteiger partial charge in [0.1, 0.15) is 5.82 Å². The second kappa shape index (κ2) is 2.20. The van der Waals surface area contributed by atoms with Gasteiger partial charge in [-0.1, -0.05) is 0 Å². The molecule has 0 aromatic carbocycles. The zero-order valence-electron chi connectivity index (χ0n) is 5.53. The molecule has 2 N–H and O–H groups in total. The summed E-state index contributed by atoms with van der Waals surface area (Å²) in [7, 11) is 0. The number of nitrogen functional groups attached to an aromatic ring is 1. The summed E-state index contributed by atoms with van der Waals surface area (Å²) in [5, 5.41) is 4.12. The molecule has 1 aromatic rings. The average molecular weight is 155 g/mol. The van der Waals surface area contributed by atoms with Gasteiger partial charge < -0.3 is 5.73 Å². The topological polar surface area (TPSA) is 43.8 Å². The maximum Gasteiger partial charge on any atom is 0.122 e. The summed E-state index contributed by atoms with van der Waals surface area (Å²) in [4.78, 5) is 0. The summed E-state index contributed by atoms with van der Waals surface area (Å²) in [6.07, 6.45) is 1.75. The van der Waals surface area contributed by atoms with Crippen LogP contribution in [0.25, 0.3) is 0 Å². The molecule has 0 unspecified atom stereocenters. The van der Waals surface area contributed by atoms with Crippen molar-refractivity contribution in [3.8, 4) is 0 Å². The number of thioether (sulfide) groups is 1. The second-order valence-electron chi connectivity index (χ2n) is 2.39. The van der Waals surface area contributed by atoms with Crippen molar-refractivity contribution in [2.75, 3.05) is 17.2 Å². The van der Waals surface area contributed by atoms with E-state index in [2.05, 4.69) is 5.10 Å². The fraction of sp³-hybridized carbons (Fsp3) is 0.500. The number of anilines is 1. The second-order valence-corrected chi connectivity index (χ2v) is 3.47. The highest BCUT2D eigenvalue weighted by atomic mass is 32.2. The summed E-state index contributed by atoms with van der Waals surface area (Å²) in [6, 6.07) is 2.39. The first kappa shape index (κ1) is 6.09. The van der Waals surface area contributed by atoms with E-state index >= 15 is 0 Å². The molecule has 4 heteroatoms. The van der Waals surface area contributed by atoms with Gasteiger partial charge in [0.2, 0.25) is 0 Å². The van der Waals surface area contributed by atoms with Gasteiger partial charge in [0, 0.05) is 11.5 Å². The summed E-state index contributed by atoms with van der Waals surface area (Å²) < 4.78 is 1.90. The molecule has 0 bridgehead atoms. The summed E-state index contributed by atoms with van der Waals surface area (Å²) >= 11 is 1.94. The predicted octanol–water partition coefficient (Wildman–Crippen LogP) is 0.753. The Morgan fingerprint density at radius 2 is 2.50 bits per heavy atom. The molecule has 10 heavy (non-hydrogen) atoms. The van der Waals surface area contributed by atoms with Gasteiger partial charge in [-0.25, -0.2) is 4.68 Å². The Morgan fingerprint density at radius 1 is 1.70 bits per heavy atom. The third-order valence-electron chi connectivity index (χ3n) is 1.67. The molecule has 0 spiro atoms. The lowest BCUT2D eigenvalue weighted by Gasteiger charge is -2.25. The molecule has 2 heterocycles. The molecule has 2 rings (SSSR count). The molecule has 1 aliphatic heterocycles. The summed E-state index contributed by atoms with van der Waals surface area (Å²) in [5.41, 5.74) is 5.64. The molecule has 1 saturated heterocycles. The number of rotatable bonds is 1. The summed E-state index contributed by atoms with van der Waals surface area (Å²) in [6.45, 7) is 0. The van der Waals surface area contributed by atoms with Gasteiger partial charge >= 0.3 is 0 Å². The molecule has 0 saturated carbocycles. The van der Waals surface area contributed by atoms with Crippen LogP contribution in [0.15, 0.2) is 12.3 Å². The zero-order chi connectivity index (χ0) is 6.97. The minimum absolute atomic E-state index is 0.556. The Bertz CT molecular complexity index is 229. The molecule has 1 aromatic heterocycles. The van der Waals surface area contributed by atoms with E-state index in [0.717, 1.165) is 17.3 Å². The van der Waals surface area contributed by atoms with E-state index in [1.807, 2.05) is 22.5 Å². The van der Waals surface area contributed by atoms with Crippen LogP contribution in [0.2, 0.25) is 0 Å². The highest BCUT2D eigenvalue weighted by Gasteiger charge is 2.21. The lowest BCUT2D eigenvalue weighted by atomic mass is 10.4. The van der Waals surface area contributed by atoms with Crippen molar-refractivity contribution in [1.82, 2.24) is 9.78 Å². The molecule has 0 amide bonds. The van der Waals surface area contributed by atoms with Crippen LogP contribution in [0.4, 0.5) is 5.82 Å². The van der Waals surface area contributed by atoms with Gasteiger partial charge in [0.15, 0.2) is 0 Å². The van der Waals surface area contributed by atoms with Gasteiger partial charge in [0.25, 0.3) is 0 Å². The Balaban J connectivity index is 2.23. The summed E-state index contributed by atoms with van der Waals surface area (Å²) in [5.74, 6) is 3.10. The Labute approximate surface area is 63.6 Å². The first-order valence-electron chi connectivity index (χ1n) is 3.24. The van der Waals surface area contributed by atoms with Crippen LogP contribution < -0.4 is 5.73 Å². The van der Waals surface area contributed by atoms with Crippen LogP contribution in [0, 0.1) is 0 Å². The van der Waals surface area contributed by atoms with E-state index in [-0.39, 0.29) is 0 Å². The molecule has 3 nitrogen and oxygen atoms in total. The Hall–Kier alpha value is -0.640. The number of hydrogen-bond donors (Lipinski definition) is 1. The molecular weight excluding hydrogens is 146 g/mol. The van der Waals surface area contributed by atoms with Crippen molar-refractivity contribution >= 4 is 17.6 Å². The Morgan fingerprint density at radius 3 is 2.90 bits per heavy atom. The number of nitrogens with two attached hydrogens (primary N) is 1. The Kier molecular flexibility index (Phi) is 1.34. The van der Waals surface area contributed by atoms with E-state index in [1.165, 1.54) is 0 Å². The number of aromatic nitrogens is 2. The smallest absolute Gasteiger partial charge is 0.122 e. The van der Waals surface area contributed by atoms with Gasteiger partial charge in [-0.2, -0.15) is 16.9 Å². The van der Waals surface area contributed by atoms with Gasteiger partial charge in [0.05, 0.1) is 12.2 Å². The number of nitrogens with zero attached hydrogens (tertiary/aromatic N) is 2.